The minimum atomic E-state index is 0.182. The van der Waals surface area contributed by atoms with E-state index in [1.807, 2.05) is 25.3 Å². The number of pyridine rings is 1. The van der Waals surface area contributed by atoms with E-state index in [9.17, 15) is 5.11 Å². The Morgan fingerprint density at radius 3 is 2.88 bits per heavy atom. The van der Waals surface area contributed by atoms with Crippen molar-refractivity contribution in [3.8, 4) is 17.3 Å². The summed E-state index contributed by atoms with van der Waals surface area (Å²) in [6, 6.07) is 7.13. The number of nitrogens with zero attached hydrogens (tertiary/aromatic N) is 2. The number of furan rings is 1. The topological polar surface area (TPSA) is 50.7 Å². The largest absolute Gasteiger partial charge is 0.506 e. The zero-order valence-electron chi connectivity index (χ0n) is 9.01. The smallest absolute Gasteiger partial charge is 0.182 e. The van der Waals surface area contributed by atoms with E-state index >= 15 is 0 Å². The van der Waals surface area contributed by atoms with E-state index in [0.29, 0.717) is 21.7 Å². The number of fused-ring (bicyclic) bond motifs is 1. The standard InChI is InChI=1S/C12H9BrN2O2/c1-7-4-5-9(17-7)12-14-11(13)10-8(16)3-2-6-15(10)12/h2-6,16H,1H3. The van der Waals surface area contributed by atoms with Gasteiger partial charge in [-0.2, -0.15) is 0 Å². The number of aromatic nitrogens is 2. The van der Waals surface area contributed by atoms with Gasteiger partial charge in [-0.15, -0.1) is 0 Å². The monoisotopic (exact) mass is 292 g/mol. The van der Waals surface area contributed by atoms with Crippen molar-refractivity contribution in [2.45, 2.75) is 6.92 Å². The maximum Gasteiger partial charge on any atom is 0.182 e. The quantitative estimate of drug-likeness (QED) is 0.748. The molecule has 17 heavy (non-hydrogen) atoms. The summed E-state index contributed by atoms with van der Waals surface area (Å²) in [5.74, 6) is 2.35. The van der Waals surface area contributed by atoms with Gasteiger partial charge in [0.05, 0.1) is 0 Å². The van der Waals surface area contributed by atoms with Gasteiger partial charge in [0.2, 0.25) is 0 Å². The second kappa shape index (κ2) is 3.63. The van der Waals surface area contributed by atoms with Crippen LogP contribution in [0.2, 0.25) is 0 Å². The van der Waals surface area contributed by atoms with Gasteiger partial charge in [-0.3, -0.25) is 4.40 Å². The fraction of sp³-hybridized carbons (Fsp3) is 0.0833. The van der Waals surface area contributed by atoms with Crippen molar-refractivity contribution in [3.05, 3.63) is 40.8 Å². The van der Waals surface area contributed by atoms with E-state index in [-0.39, 0.29) is 5.75 Å². The third-order valence-corrected chi connectivity index (χ3v) is 3.11. The zero-order valence-corrected chi connectivity index (χ0v) is 10.6. The molecule has 3 aromatic rings. The molecule has 0 atom stereocenters. The predicted octanol–water partition coefficient (Wildman–Crippen LogP) is 3.37. The summed E-state index contributed by atoms with van der Waals surface area (Å²) < 4.78 is 7.93. The third kappa shape index (κ3) is 1.54. The highest BCUT2D eigenvalue weighted by molar-refractivity contribution is 9.10. The molecule has 3 rings (SSSR count). The van der Waals surface area contributed by atoms with Gasteiger partial charge >= 0.3 is 0 Å². The Morgan fingerprint density at radius 2 is 2.18 bits per heavy atom. The van der Waals surface area contributed by atoms with Crippen LogP contribution in [0.1, 0.15) is 5.76 Å². The van der Waals surface area contributed by atoms with Crippen LogP contribution in [-0.4, -0.2) is 14.5 Å². The van der Waals surface area contributed by atoms with E-state index in [1.54, 1.807) is 16.5 Å². The van der Waals surface area contributed by atoms with Gasteiger partial charge in [-0.05, 0) is 47.1 Å². The first-order valence-corrected chi connectivity index (χ1v) is 5.88. The van der Waals surface area contributed by atoms with Crippen LogP contribution >= 0.6 is 15.9 Å². The lowest BCUT2D eigenvalue weighted by Crippen LogP contribution is -1.87. The van der Waals surface area contributed by atoms with E-state index in [4.69, 9.17) is 4.42 Å². The summed E-state index contributed by atoms with van der Waals surface area (Å²) in [4.78, 5) is 4.36. The summed E-state index contributed by atoms with van der Waals surface area (Å²) in [6.45, 7) is 1.88. The normalized spacial score (nSPS) is 11.2. The fourth-order valence-corrected chi connectivity index (χ4v) is 2.37. The average molecular weight is 293 g/mol. The van der Waals surface area contributed by atoms with Crippen molar-refractivity contribution >= 4 is 21.4 Å². The highest BCUT2D eigenvalue weighted by atomic mass is 79.9. The minimum absolute atomic E-state index is 0.182. The Labute approximate surface area is 106 Å². The molecule has 3 heterocycles. The Bertz CT molecular complexity index is 700. The summed E-state index contributed by atoms with van der Waals surface area (Å²) in [7, 11) is 0. The van der Waals surface area contributed by atoms with Crippen molar-refractivity contribution in [1.82, 2.24) is 9.38 Å². The summed E-state index contributed by atoms with van der Waals surface area (Å²) >= 11 is 3.34. The first-order valence-electron chi connectivity index (χ1n) is 5.09. The molecule has 0 bridgehead atoms. The molecule has 0 fully saturated rings. The lowest BCUT2D eigenvalue weighted by molar-refractivity contribution is 0.479. The lowest BCUT2D eigenvalue weighted by atomic mass is 10.4. The summed E-state index contributed by atoms with van der Waals surface area (Å²) in [6.07, 6.45) is 1.83. The molecule has 4 nitrogen and oxygen atoms in total. The molecule has 0 spiro atoms. The molecule has 0 unspecified atom stereocenters. The van der Waals surface area contributed by atoms with Crippen LogP contribution in [0.15, 0.2) is 39.5 Å². The minimum Gasteiger partial charge on any atom is -0.506 e. The van der Waals surface area contributed by atoms with Crippen LogP contribution in [0.5, 0.6) is 5.75 Å². The Morgan fingerprint density at radius 1 is 1.35 bits per heavy atom. The molecule has 0 aliphatic heterocycles. The van der Waals surface area contributed by atoms with Gasteiger partial charge in [0.15, 0.2) is 11.6 Å². The molecule has 0 aliphatic carbocycles. The second-order valence-electron chi connectivity index (χ2n) is 3.75. The van der Waals surface area contributed by atoms with Gasteiger partial charge in [0.1, 0.15) is 21.6 Å². The van der Waals surface area contributed by atoms with Gasteiger partial charge in [0.25, 0.3) is 0 Å². The average Bonchev–Trinajstić information content (AvgIpc) is 2.84. The molecular formula is C12H9BrN2O2. The van der Waals surface area contributed by atoms with Crippen LogP contribution in [0.3, 0.4) is 0 Å². The second-order valence-corrected chi connectivity index (χ2v) is 4.50. The molecule has 0 aromatic carbocycles. The molecule has 0 saturated heterocycles. The van der Waals surface area contributed by atoms with Gasteiger partial charge in [0, 0.05) is 6.20 Å². The van der Waals surface area contributed by atoms with Gasteiger partial charge in [-0.1, -0.05) is 0 Å². The fourth-order valence-electron chi connectivity index (χ4n) is 1.81. The third-order valence-electron chi connectivity index (χ3n) is 2.56. The molecule has 0 aliphatic rings. The van der Waals surface area contributed by atoms with Crippen LogP contribution in [-0.2, 0) is 0 Å². The van der Waals surface area contributed by atoms with Crippen LogP contribution < -0.4 is 0 Å². The van der Waals surface area contributed by atoms with E-state index in [2.05, 4.69) is 20.9 Å². The van der Waals surface area contributed by atoms with Crippen molar-refractivity contribution < 1.29 is 9.52 Å². The SMILES string of the molecule is Cc1ccc(-c2nc(Br)c3c(O)cccn23)o1. The number of hydrogen-bond acceptors (Lipinski definition) is 3. The Kier molecular flexibility index (Phi) is 2.22. The molecule has 3 aromatic heterocycles. The maximum absolute atomic E-state index is 9.80. The number of imidazole rings is 1. The van der Waals surface area contributed by atoms with E-state index < -0.39 is 0 Å². The Balaban J connectivity index is 2.35. The molecule has 1 N–H and O–H groups in total. The van der Waals surface area contributed by atoms with Crippen molar-refractivity contribution in [2.75, 3.05) is 0 Å². The number of aromatic hydroxyl groups is 1. The number of halogens is 1. The van der Waals surface area contributed by atoms with Crippen LogP contribution in [0.4, 0.5) is 0 Å². The zero-order chi connectivity index (χ0) is 12.0. The predicted molar refractivity (Wildman–Crippen MR) is 67.0 cm³/mol. The van der Waals surface area contributed by atoms with Crippen LogP contribution in [0.25, 0.3) is 17.1 Å². The molecule has 0 radical (unpaired) electrons. The van der Waals surface area contributed by atoms with Crippen molar-refractivity contribution in [1.29, 1.82) is 0 Å². The highest BCUT2D eigenvalue weighted by Crippen LogP contribution is 2.31. The molecule has 0 saturated carbocycles. The highest BCUT2D eigenvalue weighted by Gasteiger charge is 2.15. The lowest BCUT2D eigenvalue weighted by Gasteiger charge is -1.99. The van der Waals surface area contributed by atoms with Crippen molar-refractivity contribution in [3.63, 3.8) is 0 Å². The summed E-state index contributed by atoms with van der Waals surface area (Å²) in [5.41, 5.74) is 0.636. The first kappa shape index (κ1) is 10.4. The number of hydrogen-bond donors (Lipinski definition) is 1. The van der Waals surface area contributed by atoms with Gasteiger partial charge < -0.3 is 9.52 Å². The first-order chi connectivity index (χ1) is 8.16. The van der Waals surface area contributed by atoms with Crippen molar-refractivity contribution in [2.24, 2.45) is 0 Å². The number of aryl methyl sites for hydroxylation is 1. The summed E-state index contributed by atoms with van der Waals surface area (Å²) in [5, 5.41) is 9.80. The number of rotatable bonds is 1. The van der Waals surface area contributed by atoms with E-state index in [1.165, 1.54) is 0 Å². The Hall–Kier alpha value is -1.75. The van der Waals surface area contributed by atoms with Crippen LogP contribution in [0, 0.1) is 6.92 Å². The molecule has 86 valence electrons. The maximum atomic E-state index is 9.80. The molecule has 5 heteroatoms. The van der Waals surface area contributed by atoms with E-state index in [0.717, 1.165) is 5.76 Å². The molecule has 0 amide bonds. The van der Waals surface area contributed by atoms with Gasteiger partial charge in [-0.25, -0.2) is 4.98 Å². The molecular weight excluding hydrogens is 284 g/mol.